The third kappa shape index (κ3) is 5.68. The molecule has 1 atom stereocenters. The fourth-order valence-corrected chi connectivity index (χ4v) is 1.81. The lowest BCUT2D eigenvalue weighted by Gasteiger charge is -2.27. The summed E-state index contributed by atoms with van der Waals surface area (Å²) in [7, 11) is 1.70. The Balaban J connectivity index is 2.03. The van der Waals surface area contributed by atoms with Gasteiger partial charge in [0.15, 0.2) is 0 Å². The van der Waals surface area contributed by atoms with Gasteiger partial charge in [-0.05, 0) is 0 Å². The quantitative estimate of drug-likeness (QED) is 0.639. The van der Waals surface area contributed by atoms with Crippen molar-refractivity contribution in [2.24, 2.45) is 0 Å². The number of hydrogen-bond acceptors (Lipinski definition) is 4. The average molecular weight is 237 g/mol. The van der Waals surface area contributed by atoms with Crippen molar-refractivity contribution in [3.63, 3.8) is 0 Å². The molecule has 1 aliphatic rings. The van der Waals surface area contributed by atoms with E-state index in [-0.39, 0.29) is 6.04 Å². The van der Waals surface area contributed by atoms with Crippen molar-refractivity contribution >= 4 is 11.6 Å². The summed E-state index contributed by atoms with van der Waals surface area (Å²) in [4.78, 5) is 2.40. The molecule has 0 aromatic heterocycles. The Kier molecular flexibility index (Phi) is 7.30. The van der Waals surface area contributed by atoms with Crippen LogP contribution in [0.4, 0.5) is 0 Å². The Labute approximate surface area is 96.9 Å². The minimum absolute atomic E-state index is 0.262. The van der Waals surface area contributed by atoms with E-state index in [1.165, 1.54) is 0 Å². The first-order valence-corrected chi connectivity index (χ1v) is 5.98. The highest BCUT2D eigenvalue weighted by atomic mass is 35.5. The monoisotopic (exact) mass is 236 g/mol. The fourth-order valence-electron chi connectivity index (χ4n) is 1.61. The lowest BCUT2D eigenvalue weighted by Crippen LogP contribution is -2.43. The first-order valence-electron chi connectivity index (χ1n) is 5.45. The smallest absolute Gasteiger partial charge is 0.0627 e. The van der Waals surface area contributed by atoms with Gasteiger partial charge in [0, 0.05) is 45.2 Å². The highest BCUT2D eigenvalue weighted by molar-refractivity contribution is 6.18. The molecule has 0 radical (unpaired) electrons. The lowest BCUT2D eigenvalue weighted by atomic mass is 10.3. The van der Waals surface area contributed by atoms with Crippen LogP contribution in [0.2, 0.25) is 0 Å². The summed E-state index contributed by atoms with van der Waals surface area (Å²) in [5.74, 6) is 0.594. The molecule has 0 saturated carbocycles. The zero-order valence-corrected chi connectivity index (χ0v) is 10.1. The van der Waals surface area contributed by atoms with Gasteiger partial charge in [0.25, 0.3) is 0 Å². The number of methoxy groups -OCH3 is 1. The molecule has 4 nitrogen and oxygen atoms in total. The van der Waals surface area contributed by atoms with E-state index < -0.39 is 0 Å². The molecule has 0 amide bonds. The van der Waals surface area contributed by atoms with E-state index in [2.05, 4.69) is 10.2 Å². The van der Waals surface area contributed by atoms with Crippen LogP contribution < -0.4 is 5.32 Å². The zero-order valence-electron chi connectivity index (χ0n) is 9.38. The van der Waals surface area contributed by atoms with Crippen LogP contribution in [0.5, 0.6) is 0 Å². The number of rotatable bonds is 7. The molecule has 90 valence electrons. The summed E-state index contributed by atoms with van der Waals surface area (Å²) < 4.78 is 10.3. The molecule has 1 aliphatic heterocycles. The number of hydrogen-bond donors (Lipinski definition) is 1. The van der Waals surface area contributed by atoms with Crippen molar-refractivity contribution in [2.45, 2.75) is 6.04 Å². The van der Waals surface area contributed by atoms with Gasteiger partial charge in [0.05, 0.1) is 19.8 Å². The van der Waals surface area contributed by atoms with Gasteiger partial charge in [0.1, 0.15) is 0 Å². The maximum absolute atomic E-state index is 5.79. The Morgan fingerprint density at radius 2 is 2.20 bits per heavy atom. The molecule has 1 fully saturated rings. The van der Waals surface area contributed by atoms with Gasteiger partial charge >= 0.3 is 0 Å². The van der Waals surface area contributed by atoms with Gasteiger partial charge in [-0.1, -0.05) is 0 Å². The molecule has 0 aromatic carbocycles. The Hall–Kier alpha value is 0.130. The van der Waals surface area contributed by atoms with E-state index in [1.807, 2.05) is 0 Å². The second kappa shape index (κ2) is 8.30. The number of ether oxygens (including phenoxy) is 2. The third-order valence-electron chi connectivity index (χ3n) is 2.52. The maximum Gasteiger partial charge on any atom is 0.0627 e. The van der Waals surface area contributed by atoms with Gasteiger partial charge in [0.2, 0.25) is 0 Å². The Morgan fingerprint density at radius 3 is 2.80 bits per heavy atom. The van der Waals surface area contributed by atoms with E-state index in [0.717, 1.165) is 39.4 Å². The van der Waals surface area contributed by atoms with E-state index in [9.17, 15) is 0 Å². The molecule has 0 aliphatic carbocycles. The molecule has 1 rings (SSSR count). The summed E-state index contributed by atoms with van der Waals surface area (Å²) in [6, 6.07) is 0.262. The lowest BCUT2D eigenvalue weighted by molar-refractivity contribution is 0.0378. The molecule has 0 aromatic rings. The molecule has 1 N–H and O–H groups in total. The van der Waals surface area contributed by atoms with Crippen LogP contribution in [0.15, 0.2) is 0 Å². The van der Waals surface area contributed by atoms with Crippen LogP contribution in [-0.4, -0.2) is 69.9 Å². The zero-order chi connectivity index (χ0) is 10.9. The van der Waals surface area contributed by atoms with Crippen molar-refractivity contribution in [1.29, 1.82) is 0 Å². The SMILES string of the molecule is COCC(CCl)NCCN1CCOCC1. The molecule has 1 heterocycles. The molecule has 0 spiro atoms. The predicted octanol–water partition coefficient (Wildman–Crippen LogP) is 0.162. The number of nitrogens with zero attached hydrogens (tertiary/aromatic N) is 1. The third-order valence-corrected chi connectivity index (χ3v) is 2.89. The molecule has 1 unspecified atom stereocenters. The van der Waals surface area contributed by atoms with Crippen LogP contribution in [0.25, 0.3) is 0 Å². The van der Waals surface area contributed by atoms with Crippen LogP contribution in [-0.2, 0) is 9.47 Å². The second-order valence-corrected chi connectivity index (χ2v) is 4.02. The van der Waals surface area contributed by atoms with Crippen LogP contribution >= 0.6 is 11.6 Å². The predicted molar refractivity (Wildman–Crippen MR) is 61.6 cm³/mol. The maximum atomic E-state index is 5.79. The minimum atomic E-state index is 0.262. The topological polar surface area (TPSA) is 33.7 Å². The molecule has 15 heavy (non-hydrogen) atoms. The van der Waals surface area contributed by atoms with E-state index in [4.69, 9.17) is 21.1 Å². The molecule has 0 bridgehead atoms. The number of halogens is 1. The molecule has 1 saturated heterocycles. The van der Waals surface area contributed by atoms with E-state index >= 15 is 0 Å². The summed E-state index contributed by atoms with van der Waals surface area (Å²) in [6.45, 7) is 6.48. The van der Waals surface area contributed by atoms with Crippen molar-refractivity contribution < 1.29 is 9.47 Å². The van der Waals surface area contributed by atoms with Crippen LogP contribution in [0.1, 0.15) is 0 Å². The highest BCUT2D eigenvalue weighted by Crippen LogP contribution is 1.95. The number of alkyl halides is 1. The summed E-state index contributed by atoms with van der Waals surface area (Å²) in [5.41, 5.74) is 0. The van der Waals surface area contributed by atoms with Gasteiger partial charge in [-0.2, -0.15) is 0 Å². The summed E-state index contributed by atoms with van der Waals surface area (Å²) in [6.07, 6.45) is 0. The standard InChI is InChI=1S/C10H21ClN2O2/c1-14-9-10(8-11)12-2-3-13-4-6-15-7-5-13/h10,12H,2-9H2,1H3. The first-order chi connectivity index (χ1) is 7.36. The second-order valence-electron chi connectivity index (χ2n) is 3.71. The summed E-state index contributed by atoms with van der Waals surface area (Å²) >= 11 is 5.79. The van der Waals surface area contributed by atoms with Crippen LogP contribution in [0, 0.1) is 0 Å². The van der Waals surface area contributed by atoms with Gasteiger partial charge in [-0.15, -0.1) is 11.6 Å². The normalized spacial score (nSPS) is 20.4. The number of morpholine rings is 1. The fraction of sp³-hybridized carbons (Fsp3) is 1.00. The van der Waals surface area contributed by atoms with Gasteiger partial charge < -0.3 is 14.8 Å². The number of nitrogens with one attached hydrogen (secondary N) is 1. The van der Waals surface area contributed by atoms with Crippen molar-refractivity contribution in [1.82, 2.24) is 10.2 Å². The Morgan fingerprint density at radius 1 is 1.47 bits per heavy atom. The first kappa shape index (κ1) is 13.2. The van der Waals surface area contributed by atoms with E-state index in [1.54, 1.807) is 7.11 Å². The van der Waals surface area contributed by atoms with E-state index in [0.29, 0.717) is 12.5 Å². The molecular weight excluding hydrogens is 216 g/mol. The van der Waals surface area contributed by atoms with Crippen molar-refractivity contribution in [3.8, 4) is 0 Å². The van der Waals surface area contributed by atoms with Gasteiger partial charge in [-0.3, -0.25) is 4.90 Å². The largest absolute Gasteiger partial charge is 0.383 e. The van der Waals surface area contributed by atoms with Crippen molar-refractivity contribution in [3.05, 3.63) is 0 Å². The average Bonchev–Trinajstić information content (AvgIpc) is 2.29. The van der Waals surface area contributed by atoms with Crippen molar-refractivity contribution in [2.75, 3.05) is 59.0 Å². The molecule has 5 heteroatoms. The minimum Gasteiger partial charge on any atom is -0.383 e. The summed E-state index contributed by atoms with van der Waals surface area (Å²) in [5, 5.41) is 3.38. The highest BCUT2D eigenvalue weighted by Gasteiger charge is 2.11. The molecular formula is C10H21ClN2O2. The Bertz CT molecular complexity index is 150. The van der Waals surface area contributed by atoms with Gasteiger partial charge in [-0.25, -0.2) is 0 Å². The van der Waals surface area contributed by atoms with Crippen LogP contribution in [0.3, 0.4) is 0 Å².